The van der Waals surface area contributed by atoms with Crippen LogP contribution in [0.3, 0.4) is 0 Å². The summed E-state index contributed by atoms with van der Waals surface area (Å²) in [7, 11) is 0. The molecule has 2 aliphatic carbocycles. The Morgan fingerprint density at radius 3 is 2.38 bits per heavy atom. The molecular weight excluding hydrogens is 158 g/mol. The van der Waals surface area contributed by atoms with Crippen LogP contribution < -0.4 is 5.32 Å². The lowest BCUT2D eigenvalue weighted by atomic mass is 10.00. The second kappa shape index (κ2) is 3.27. The molecule has 0 radical (unpaired) electrons. The maximum absolute atomic E-state index is 3.75. The van der Waals surface area contributed by atoms with Crippen LogP contribution in [0.5, 0.6) is 0 Å². The van der Waals surface area contributed by atoms with E-state index < -0.39 is 0 Å². The zero-order valence-electron chi connectivity index (χ0n) is 9.27. The summed E-state index contributed by atoms with van der Waals surface area (Å²) in [5.41, 5.74) is 0.647. The van der Waals surface area contributed by atoms with E-state index in [9.17, 15) is 0 Å². The summed E-state index contributed by atoms with van der Waals surface area (Å²) >= 11 is 0. The molecule has 0 aromatic heterocycles. The Labute approximate surface area is 82.3 Å². The summed E-state index contributed by atoms with van der Waals surface area (Å²) in [6, 6.07) is 0.856. The average Bonchev–Trinajstić information content (AvgIpc) is 2.92. The van der Waals surface area contributed by atoms with E-state index in [4.69, 9.17) is 0 Å². The zero-order valence-corrected chi connectivity index (χ0v) is 9.27. The molecule has 13 heavy (non-hydrogen) atoms. The third-order valence-corrected chi connectivity index (χ3v) is 3.78. The van der Waals surface area contributed by atoms with Crippen molar-refractivity contribution in [1.29, 1.82) is 0 Å². The molecule has 2 saturated carbocycles. The summed E-state index contributed by atoms with van der Waals surface area (Å²) in [5, 5.41) is 3.75. The summed E-state index contributed by atoms with van der Waals surface area (Å²) in [4.78, 5) is 0. The largest absolute Gasteiger partial charge is 0.313 e. The van der Waals surface area contributed by atoms with E-state index >= 15 is 0 Å². The Balaban J connectivity index is 1.84. The minimum atomic E-state index is 0.647. The summed E-state index contributed by atoms with van der Waals surface area (Å²) in [6.45, 7) is 8.31. The Morgan fingerprint density at radius 1 is 1.38 bits per heavy atom. The van der Waals surface area contributed by atoms with Gasteiger partial charge in [-0.05, 0) is 49.5 Å². The van der Waals surface area contributed by atoms with Crippen molar-refractivity contribution in [1.82, 2.24) is 5.32 Å². The number of rotatable bonds is 5. The predicted octanol–water partition coefficient (Wildman–Crippen LogP) is 2.81. The number of hydrogen-bond donors (Lipinski definition) is 1. The molecule has 0 aromatic rings. The number of hydrogen-bond acceptors (Lipinski definition) is 1. The summed E-state index contributed by atoms with van der Waals surface area (Å²) < 4.78 is 0. The maximum atomic E-state index is 3.75. The lowest BCUT2D eigenvalue weighted by Crippen LogP contribution is -2.35. The molecule has 2 unspecified atom stereocenters. The lowest BCUT2D eigenvalue weighted by molar-refractivity contribution is 0.370. The van der Waals surface area contributed by atoms with Crippen molar-refractivity contribution >= 4 is 0 Å². The first-order valence-electron chi connectivity index (χ1n) is 5.88. The first kappa shape index (κ1) is 9.51. The molecule has 1 nitrogen and oxygen atoms in total. The summed E-state index contributed by atoms with van der Waals surface area (Å²) in [5.74, 6) is 2.00. The standard InChI is InChI=1S/C12H23N/c1-4-7-13-11(9-5-6-9)10-8-12(10,2)3/h9-11,13H,4-8H2,1-3H3. The third kappa shape index (κ3) is 2.07. The molecule has 76 valence electrons. The molecule has 0 bridgehead atoms. The molecule has 0 saturated heterocycles. The Bertz CT molecular complexity index is 182. The van der Waals surface area contributed by atoms with Crippen LogP contribution in [0.25, 0.3) is 0 Å². The molecule has 0 aromatic carbocycles. The Hall–Kier alpha value is -0.0400. The molecule has 0 heterocycles. The zero-order chi connectivity index (χ0) is 9.47. The fourth-order valence-electron chi connectivity index (χ4n) is 2.52. The van der Waals surface area contributed by atoms with Gasteiger partial charge < -0.3 is 5.32 Å². The normalized spacial score (nSPS) is 33.0. The minimum absolute atomic E-state index is 0.647. The van der Waals surface area contributed by atoms with Crippen LogP contribution in [0.15, 0.2) is 0 Å². The second-order valence-corrected chi connectivity index (χ2v) is 5.62. The average molecular weight is 181 g/mol. The first-order valence-corrected chi connectivity index (χ1v) is 5.88. The van der Waals surface area contributed by atoms with E-state index in [2.05, 4.69) is 26.1 Å². The second-order valence-electron chi connectivity index (χ2n) is 5.62. The van der Waals surface area contributed by atoms with Gasteiger partial charge in [0.05, 0.1) is 0 Å². The highest BCUT2D eigenvalue weighted by Gasteiger charge is 2.53. The van der Waals surface area contributed by atoms with E-state index in [1.165, 1.54) is 32.2 Å². The molecule has 2 aliphatic rings. The van der Waals surface area contributed by atoms with Gasteiger partial charge >= 0.3 is 0 Å². The van der Waals surface area contributed by atoms with Gasteiger partial charge in [0.15, 0.2) is 0 Å². The van der Waals surface area contributed by atoms with E-state index in [0.29, 0.717) is 5.41 Å². The van der Waals surface area contributed by atoms with Crippen molar-refractivity contribution in [2.75, 3.05) is 6.54 Å². The van der Waals surface area contributed by atoms with Crippen LogP contribution in [0.4, 0.5) is 0 Å². The molecule has 2 atom stereocenters. The lowest BCUT2D eigenvalue weighted by Gasteiger charge is -2.19. The van der Waals surface area contributed by atoms with Gasteiger partial charge in [0.25, 0.3) is 0 Å². The molecular formula is C12H23N. The van der Waals surface area contributed by atoms with E-state index in [0.717, 1.165) is 17.9 Å². The first-order chi connectivity index (χ1) is 6.15. The van der Waals surface area contributed by atoms with Gasteiger partial charge in [-0.25, -0.2) is 0 Å². The fraction of sp³-hybridized carbons (Fsp3) is 1.00. The highest BCUT2D eigenvalue weighted by molar-refractivity contribution is 5.06. The van der Waals surface area contributed by atoms with E-state index in [-0.39, 0.29) is 0 Å². The van der Waals surface area contributed by atoms with Crippen molar-refractivity contribution in [3.05, 3.63) is 0 Å². The third-order valence-electron chi connectivity index (χ3n) is 3.78. The van der Waals surface area contributed by atoms with Crippen molar-refractivity contribution in [2.45, 2.75) is 52.5 Å². The van der Waals surface area contributed by atoms with E-state index in [1.807, 2.05) is 0 Å². The van der Waals surface area contributed by atoms with Crippen molar-refractivity contribution in [3.8, 4) is 0 Å². The molecule has 2 rings (SSSR count). The van der Waals surface area contributed by atoms with Crippen LogP contribution in [0.2, 0.25) is 0 Å². The molecule has 0 aliphatic heterocycles. The predicted molar refractivity (Wildman–Crippen MR) is 56.7 cm³/mol. The van der Waals surface area contributed by atoms with Gasteiger partial charge in [0.1, 0.15) is 0 Å². The quantitative estimate of drug-likeness (QED) is 0.687. The van der Waals surface area contributed by atoms with Crippen LogP contribution in [0, 0.1) is 17.3 Å². The molecule has 1 heteroatoms. The van der Waals surface area contributed by atoms with Crippen LogP contribution in [0.1, 0.15) is 46.5 Å². The molecule has 2 fully saturated rings. The number of nitrogens with one attached hydrogen (secondary N) is 1. The van der Waals surface area contributed by atoms with Gasteiger partial charge in [-0.3, -0.25) is 0 Å². The van der Waals surface area contributed by atoms with Gasteiger partial charge in [0.2, 0.25) is 0 Å². The van der Waals surface area contributed by atoms with Crippen LogP contribution in [-0.2, 0) is 0 Å². The van der Waals surface area contributed by atoms with Crippen molar-refractivity contribution < 1.29 is 0 Å². The monoisotopic (exact) mass is 181 g/mol. The Morgan fingerprint density at radius 2 is 2.00 bits per heavy atom. The highest BCUT2D eigenvalue weighted by atomic mass is 15.0. The topological polar surface area (TPSA) is 12.0 Å². The Kier molecular flexibility index (Phi) is 2.39. The van der Waals surface area contributed by atoms with E-state index in [1.54, 1.807) is 0 Å². The van der Waals surface area contributed by atoms with Crippen LogP contribution >= 0.6 is 0 Å². The molecule has 1 N–H and O–H groups in total. The fourth-order valence-corrected chi connectivity index (χ4v) is 2.52. The van der Waals surface area contributed by atoms with Gasteiger partial charge in [-0.1, -0.05) is 20.8 Å². The van der Waals surface area contributed by atoms with Gasteiger partial charge in [0, 0.05) is 6.04 Å². The molecule has 0 spiro atoms. The summed E-state index contributed by atoms with van der Waals surface area (Å²) in [6.07, 6.45) is 5.68. The smallest absolute Gasteiger partial charge is 0.0129 e. The SMILES string of the molecule is CCCNC(C1CC1)C1CC1(C)C. The van der Waals surface area contributed by atoms with Gasteiger partial charge in [-0.2, -0.15) is 0 Å². The van der Waals surface area contributed by atoms with Crippen molar-refractivity contribution in [3.63, 3.8) is 0 Å². The van der Waals surface area contributed by atoms with Crippen molar-refractivity contribution in [2.24, 2.45) is 17.3 Å². The van der Waals surface area contributed by atoms with Crippen LogP contribution in [-0.4, -0.2) is 12.6 Å². The maximum Gasteiger partial charge on any atom is 0.0129 e. The van der Waals surface area contributed by atoms with Gasteiger partial charge in [-0.15, -0.1) is 0 Å². The minimum Gasteiger partial charge on any atom is -0.313 e. The highest BCUT2D eigenvalue weighted by Crippen LogP contribution is 2.57. The molecule has 0 amide bonds.